The summed E-state index contributed by atoms with van der Waals surface area (Å²) >= 11 is 1.57. The van der Waals surface area contributed by atoms with Gasteiger partial charge in [0, 0.05) is 6.42 Å². The summed E-state index contributed by atoms with van der Waals surface area (Å²) < 4.78 is 4.75. The van der Waals surface area contributed by atoms with Crippen LogP contribution in [0.4, 0.5) is 0 Å². The lowest BCUT2D eigenvalue weighted by Gasteiger charge is -2.30. The second-order valence-corrected chi connectivity index (χ2v) is 6.10. The number of nitrogens with zero attached hydrogens (tertiary/aromatic N) is 1. The Morgan fingerprint density at radius 1 is 1.46 bits per heavy atom. The van der Waals surface area contributed by atoms with Crippen LogP contribution in [0, 0.1) is 0 Å². The quantitative estimate of drug-likeness (QED) is 0.437. The van der Waals surface area contributed by atoms with E-state index in [0.29, 0.717) is 6.42 Å². The molecule has 0 aliphatic carbocycles. The number of thioether (sulfide) groups is 1. The molecule has 3 amide bonds. The zero-order valence-electron chi connectivity index (χ0n) is 13.8. The van der Waals surface area contributed by atoms with Crippen molar-refractivity contribution in [1.29, 1.82) is 0 Å². The van der Waals surface area contributed by atoms with E-state index in [9.17, 15) is 19.2 Å². The fourth-order valence-corrected chi connectivity index (χ4v) is 2.62. The molecule has 0 aromatic carbocycles. The molecular weight excluding hydrogens is 358 g/mol. The molecule has 0 spiro atoms. The molecule has 10 heteroatoms. The monoisotopic (exact) mass is 381 g/mol. The minimum absolute atomic E-state index is 0. The first-order chi connectivity index (χ1) is 10.9. The lowest BCUT2D eigenvalue weighted by Crippen LogP contribution is -2.57. The number of carbonyl (C=O) groups is 4. The Morgan fingerprint density at radius 3 is 2.71 bits per heavy atom. The van der Waals surface area contributed by atoms with Crippen LogP contribution in [0.3, 0.4) is 0 Å². The molecule has 1 rings (SSSR count). The highest BCUT2D eigenvalue weighted by atomic mass is 35.5. The van der Waals surface area contributed by atoms with E-state index >= 15 is 0 Å². The number of amides is 3. The van der Waals surface area contributed by atoms with Gasteiger partial charge in [-0.15, -0.1) is 12.4 Å². The molecule has 1 saturated heterocycles. The maximum absolute atomic E-state index is 12.3. The van der Waals surface area contributed by atoms with Gasteiger partial charge in [-0.3, -0.25) is 24.1 Å². The number of piperidine rings is 1. The van der Waals surface area contributed by atoms with Crippen molar-refractivity contribution in [3.05, 3.63) is 0 Å². The van der Waals surface area contributed by atoms with Crippen LogP contribution in [-0.4, -0.2) is 65.8 Å². The second-order valence-electron chi connectivity index (χ2n) is 5.11. The number of hydrogen-bond acceptors (Lipinski definition) is 7. The van der Waals surface area contributed by atoms with Crippen molar-refractivity contribution < 1.29 is 23.9 Å². The molecule has 0 aromatic heterocycles. The molecule has 0 bridgehead atoms. The molecule has 0 radical (unpaired) electrons. The van der Waals surface area contributed by atoms with Crippen molar-refractivity contribution in [2.75, 3.05) is 25.2 Å². The van der Waals surface area contributed by atoms with Gasteiger partial charge in [-0.05, 0) is 31.8 Å². The third-order valence-electron chi connectivity index (χ3n) is 3.39. The van der Waals surface area contributed by atoms with Crippen molar-refractivity contribution in [3.63, 3.8) is 0 Å². The number of ether oxygens (including phenoxy) is 1. The molecule has 0 saturated carbocycles. The highest BCUT2D eigenvalue weighted by Crippen LogP contribution is 2.14. The Hall–Kier alpha value is -1.32. The molecule has 1 heterocycles. The lowest BCUT2D eigenvalue weighted by atomic mass is 10.0. The summed E-state index contributed by atoms with van der Waals surface area (Å²) in [7, 11) is 0. The number of nitrogens with two attached hydrogens (primary N) is 1. The molecule has 24 heavy (non-hydrogen) atoms. The van der Waals surface area contributed by atoms with Gasteiger partial charge in [0.2, 0.25) is 11.8 Å². The van der Waals surface area contributed by atoms with Crippen molar-refractivity contribution in [1.82, 2.24) is 10.2 Å². The molecule has 1 aliphatic rings. The van der Waals surface area contributed by atoms with Gasteiger partial charge < -0.3 is 15.8 Å². The molecule has 3 N–H and O–H groups in total. The third kappa shape index (κ3) is 6.66. The Morgan fingerprint density at radius 2 is 2.12 bits per heavy atom. The smallest absolute Gasteiger partial charge is 0.326 e. The molecule has 1 fully saturated rings. The van der Waals surface area contributed by atoms with Crippen LogP contribution in [-0.2, 0) is 23.9 Å². The van der Waals surface area contributed by atoms with E-state index in [1.165, 1.54) is 0 Å². The van der Waals surface area contributed by atoms with Crippen LogP contribution >= 0.6 is 24.2 Å². The SMILES string of the molecule is CCOC(=O)CN1C(=O)CC[C@H](NC(=O)[C@@H](N)CCSC)C1=O.Cl. The number of imide groups is 1. The zero-order chi connectivity index (χ0) is 17.4. The van der Waals surface area contributed by atoms with E-state index in [-0.39, 0.29) is 31.9 Å². The minimum atomic E-state index is -0.838. The predicted molar refractivity (Wildman–Crippen MR) is 92.7 cm³/mol. The normalized spacial score (nSPS) is 18.6. The summed E-state index contributed by atoms with van der Waals surface area (Å²) in [6.45, 7) is 1.37. The van der Waals surface area contributed by atoms with Crippen LogP contribution < -0.4 is 11.1 Å². The summed E-state index contributed by atoms with van der Waals surface area (Å²) in [6, 6.07) is -1.54. The number of halogens is 1. The fraction of sp³-hybridized carbons (Fsp3) is 0.714. The maximum atomic E-state index is 12.3. The van der Waals surface area contributed by atoms with E-state index < -0.39 is 42.3 Å². The highest BCUT2D eigenvalue weighted by Gasteiger charge is 2.37. The topological polar surface area (TPSA) is 119 Å². The summed E-state index contributed by atoms with van der Waals surface area (Å²) in [5.41, 5.74) is 5.76. The van der Waals surface area contributed by atoms with Gasteiger partial charge in [-0.25, -0.2) is 0 Å². The molecular formula is C14H24ClN3O5S. The number of hydrogen-bond donors (Lipinski definition) is 2. The first-order valence-electron chi connectivity index (χ1n) is 7.45. The van der Waals surface area contributed by atoms with Crippen molar-refractivity contribution in [2.45, 2.75) is 38.3 Å². The van der Waals surface area contributed by atoms with Crippen LogP contribution in [0.15, 0.2) is 0 Å². The number of nitrogens with one attached hydrogen (secondary N) is 1. The highest BCUT2D eigenvalue weighted by molar-refractivity contribution is 7.98. The van der Waals surface area contributed by atoms with Crippen LogP contribution in [0.1, 0.15) is 26.2 Å². The van der Waals surface area contributed by atoms with Gasteiger partial charge in [0.05, 0.1) is 12.6 Å². The van der Waals surface area contributed by atoms with Crippen LogP contribution in [0.5, 0.6) is 0 Å². The number of carbonyl (C=O) groups excluding carboxylic acids is 4. The Kier molecular flexibility index (Phi) is 10.7. The summed E-state index contributed by atoms with van der Waals surface area (Å²) in [5, 5.41) is 2.56. The van der Waals surface area contributed by atoms with Gasteiger partial charge in [-0.1, -0.05) is 0 Å². The second kappa shape index (κ2) is 11.3. The fourth-order valence-electron chi connectivity index (χ4n) is 2.13. The summed E-state index contributed by atoms with van der Waals surface area (Å²) in [4.78, 5) is 48.4. The lowest BCUT2D eigenvalue weighted by molar-refractivity contribution is -0.158. The zero-order valence-corrected chi connectivity index (χ0v) is 15.4. The van der Waals surface area contributed by atoms with E-state index in [0.717, 1.165) is 10.7 Å². The minimum Gasteiger partial charge on any atom is -0.465 e. The van der Waals surface area contributed by atoms with E-state index in [1.54, 1.807) is 18.7 Å². The molecule has 2 atom stereocenters. The first-order valence-corrected chi connectivity index (χ1v) is 8.84. The van der Waals surface area contributed by atoms with Crippen molar-refractivity contribution >= 4 is 47.9 Å². The van der Waals surface area contributed by atoms with Crippen molar-refractivity contribution in [3.8, 4) is 0 Å². The average Bonchev–Trinajstić information content (AvgIpc) is 2.52. The summed E-state index contributed by atoms with van der Waals surface area (Å²) in [6.07, 6.45) is 2.70. The molecule has 1 aliphatic heterocycles. The largest absolute Gasteiger partial charge is 0.465 e. The van der Waals surface area contributed by atoms with Gasteiger partial charge in [0.15, 0.2) is 0 Å². The summed E-state index contributed by atoms with van der Waals surface area (Å²) in [5.74, 6) is -1.39. The Balaban J connectivity index is 0.00000529. The Bertz CT molecular complexity index is 477. The molecule has 138 valence electrons. The molecule has 8 nitrogen and oxygen atoms in total. The standard InChI is InChI=1S/C14H23N3O5S.ClH/c1-3-22-12(19)8-17-11(18)5-4-10(14(17)21)16-13(20)9(15)6-7-23-2;/h9-10H,3-8,15H2,1-2H3,(H,16,20);1H/t9-,10-;/m0./s1. The predicted octanol–water partition coefficient (Wildman–Crippen LogP) is -0.314. The number of likely N-dealkylation sites (tertiary alicyclic amines) is 1. The van der Waals surface area contributed by atoms with Gasteiger partial charge >= 0.3 is 5.97 Å². The number of esters is 1. The van der Waals surface area contributed by atoms with Gasteiger partial charge in [0.1, 0.15) is 12.6 Å². The van der Waals surface area contributed by atoms with Gasteiger partial charge in [-0.2, -0.15) is 11.8 Å². The van der Waals surface area contributed by atoms with Gasteiger partial charge in [0.25, 0.3) is 5.91 Å². The maximum Gasteiger partial charge on any atom is 0.326 e. The molecule has 0 unspecified atom stereocenters. The van der Waals surface area contributed by atoms with Crippen LogP contribution in [0.2, 0.25) is 0 Å². The first kappa shape index (κ1) is 22.7. The average molecular weight is 382 g/mol. The van der Waals surface area contributed by atoms with E-state index in [2.05, 4.69) is 5.32 Å². The van der Waals surface area contributed by atoms with Crippen LogP contribution in [0.25, 0.3) is 0 Å². The van der Waals surface area contributed by atoms with E-state index in [4.69, 9.17) is 10.5 Å². The molecule has 0 aromatic rings. The van der Waals surface area contributed by atoms with Crippen molar-refractivity contribution in [2.24, 2.45) is 5.73 Å². The Labute approximate surface area is 151 Å². The van der Waals surface area contributed by atoms with E-state index in [1.807, 2.05) is 6.26 Å². The number of rotatable bonds is 8. The third-order valence-corrected chi connectivity index (χ3v) is 4.03.